The number of nitrogens with zero attached hydrogens (tertiary/aromatic N) is 1. The van der Waals surface area contributed by atoms with Crippen LogP contribution in [0.2, 0.25) is 0 Å². The van der Waals surface area contributed by atoms with E-state index < -0.39 is 0 Å². The highest BCUT2D eigenvalue weighted by atomic mass is 16.5. The van der Waals surface area contributed by atoms with Crippen molar-refractivity contribution < 1.29 is 4.74 Å². The first-order chi connectivity index (χ1) is 7.27. The second-order valence-corrected chi connectivity index (χ2v) is 3.93. The molecule has 3 nitrogen and oxygen atoms in total. The molecule has 0 amide bonds. The monoisotopic (exact) mass is 202 g/mol. The molecule has 15 heavy (non-hydrogen) atoms. The Kier molecular flexibility index (Phi) is 2.61. The third-order valence-electron chi connectivity index (χ3n) is 3.02. The van der Waals surface area contributed by atoms with Crippen molar-refractivity contribution in [2.75, 3.05) is 18.9 Å². The summed E-state index contributed by atoms with van der Waals surface area (Å²) in [4.78, 5) is 0. The highest BCUT2D eigenvalue weighted by Gasteiger charge is 2.34. The zero-order chi connectivity index (χ0) is 10.7. The number of hydrogen-bond acceptors (Lipinski definition) is 3. The van der Waals surface area contributed by atoms with Crippen molar-refractivity contribution in [1.29, 1.82) is 5.26 Å². The van der Waals surface area contributed by atoms with Gasteiger partial charge < -0.3 is 10.5 Å². The molecular weight excluding hydrogens is 188 g/mol. The van der Waals surface area contributed by atoms with Gasteiger partial charge in [0.05, 0.1) is 11.5 Å². The largest absolute Gasteiger partial charge is 0.399 e. The number of hydrogen-bond donors (Lipinski definition) is 1. The highest BCUT2D eigenvalue weighted by molar-refractivity contribution is 5.43. The van der Waals surface area contributed by atoms with Gasteiger partial charge >= 0.3 is 0 Å². The van der Waals surface area contributed by atoms with Gasteiger partial charge in [0.2, 0.25) is 0 Å². The Morgan fingerprint density at radius 3 is 2.33 bits per heavy atom. The van der Waals surface area contributed by atoms with Crippen LogP contribution in [0.1, 0.15) is 18.4 Å². The second-order valence-electron chi connectivity index (χ2n) is 3.93. The Labute approximate surface area is 89.5 Å². The molecule has 1 aromatic carbocycles. The fourth-order valence-corrected chi connectivity index (χ4v) is 1.99. The first kappa shape index (κ1) is 10.0. The van der Waals surface area contributed by atoms with Gasteiger partial charge in [0.1, 0.15) is 0 Å². The maximum atomic E-state index is 9.33. The Bertz CT molecular complexity index is 372. The molecule has 0 aromatic heterocycles. The minimum atomic E-state index is -0.369. The molecule has 0 spiro atoms. The van der Waals surface area contributed by atoms with Gasteiger partial charge in [0, 0.05) is 18.9 Å². The summed E-state index contributed by atoms with van der Waals surface area (Å²) in [5.74, 6) is 0. The number of ether oxygens (including phenoxy) is 1. The zero-order valence-corrected chi connectivity index (χ0v) is 8.57. The van der Waals surface area contributed by atoms with E-state index in [1.807, 2.05) is 24.3 Å². The molecule has 3 heteroatoms. The minimum Gasteiger partial charge on any atom is -0.399 e. The average molecular weight is 202 g/mol. The van der Waals surface area contributed by atoms with E-state index in [0.29, 0.717) is 13.2 Å². The molecule has 1 heterocycles. The lowest BCUT2D eigenvalue weighted by atomic mass is 9.75. The number of nitriles is 1. The number of nitrogen functional groups attached to an aromatic ring is 1. The highest BCUT2D eigenvalue weighted by Crippen LogP contribution is 2.34. The second kappa shape index (κ2) is 3.92. The standard InChI is InChI=1S/C12H14N2O/c13-9-12(5-7-15-8-6-12)10-1-3-11(14)4-2-10/h1-4H,5-8,14H2. The summed E-state index contributed by atoms with van der Waals surface area (Å²) in [5, 5.41) is 9.33. The molecule has 0 unspecified atom stereocenters. The summed E-state index contributed by atoms with van der Waals surface area (Å²) in [5.41, 5.74) is 7.06. The van der Waals surface area contributed by atoms with Crippen LogP contribution >= 0.6 is 0 Å². The zero-order valence-electron chi connectivity index (χ0n) is 8.57. The van der Waals surface area contributed by atoms with Crippen LogP contribution in [0.5, 0.6) is 0 Å². The van der Waals surface area contributed by atoms with Crippen LogP contribution in [-0.2, 0) is 10.2 Å². The van der Waals surface area contributed by atoms with Crippen molar-refractivity contribution in [3.8, 4) is 6.07 Å². The predicted molar refractivity (Wildman–Crippen MR) is 58.2 cm³/mol. The van der Waals surface area contributed by atoms with E-state index in [4.69, 9.17) is 10.5 Å². The van der Waals surface area contributed by atoms with E-state index in [1.165, 1.54) is 0 Å². The molecule has 2 N–H and O–H groups in total. The minimum absolute atomic E-state index is 0.369. The van der Waals surface area contributed by atoms with Gasteiger partial charge in [0.15, 0.2) is 0 Å². The Morgan fingerprint density at radius 1 is 1.20 bits per heavy atom. The van der Waals surface area contributed by atoms with Crippen LogP contribution in [-0.4, -0.2) is 13.2 Å². The van der Waals surface area contributed by atoms with Crippen LogP contribution in [0, 0.1) is 11.3 Å². The molecule has 2 rings (SSSR count). The normalized spacial score (nSPS) is 19.4. The fraction of sp³-hybridized carbons (Fsp3) is 0.417. The van der Waals surface area contributed by atoms with E-state index >= 15 is 0 Å². The van der Waals surface area contributed by atoms with Crippen LogP contribution in [0.15, 0.2) is 24.3 Å². The fourth-order valence-electron chi connectivity index (χ4n) is 1.99. The van der Waals surface area contributed by atoms with Gasteiger partial charge in [-0.25, -0.2) is 0 Å². The SMILES string of the molecule is N#CC1(c2ccc(N)cc2)CCOCC1. The van der Waals surface area contributed by atoms with Crippen LogP contribution < -0.4 is 5.73 Å². The molecular formula is C12H14N2O. The molecule has 1 fully saturated rings. The van der Waals surface area contributed by atoms with Gasteiger partial charge in [-0.1, -0.05) is 12.1 Å². The maximum absolute atomic E-state index is 9.33. The lowest BCUT2D eigenvalue weighted by molar-refractivity contribution is 0.0675. The summed E-state index contributed by atoms with van der Waals surface area (Å²) in [7, 11) is 0. The number of nitrogens with two attached hydrogens (primary N) is 1. The summed E-state index contributed by atoms with van der Waals surface area (Å²) in [6.07, 6.45) is 1.54. The molecule has 0 aliphatic carbocycles. The smallest absolute Gasteiger partial charge is 0.0866 e. The number of anilines is 1. The molecule has 1 aromatic rings. The molecule has 1 aliphatic rings. The van der Waals surface area contributed by atoms with Gasteiger partial charge in [-0.15, -0.1) is 0 Å². The van der Waals surface area contributed by atoms with Crippen molar-refractivity contribution in [3.05, 3.63) is 29.8 Å². The Morgan fingerprint density at radius 2 is 1.80 bits per heavy atom. The summed E-state index contributed by atoms with van der Waals surface area (Å²) >= 11 is 0. The topological polar surface area (TPSA) is 59.0 Å². The molecule has 0 saturated carbocycles. The summed E-state index contributed by atoms with van der Waals surface area (Å²) < 4.78 is 5.30. The quantitative estimate of drug-likeness (QED) is 0.707. The van der Waals surface area contributed by atoms with Crippen LogP contribution in [0.25, 0.3) is 0 Å². The van der Waals surface area contributed by atoms with Gasteiger partial charge in [-0.3, -0.25) is 0 Å². The first-order valence-electron chi connectivity index (χ1n) is 5.12. The van der Waals surface area contributed by atoms with Gasteiger partial charge in [-0.2, -0.15) is 5.26 Å². The Balaban J connectivity index is 2.33. The lowest BCUT2D eigenvalue weighted by Gasteiger charge is -2.31. The summed E-state index contributed by atoms with van der Waals surface area (Å²) in [6, 6.07) is 10.0. The van der Waals surface area contributed by atoms with Crippen molar-refractivity contribution >= 4 is 5.69 Å². The molecule has 1 aliphatic heterocycles. The van der Waals surface area contributed by atoms with Crippen LogP contribution in [0.3, 0.4) is 0 Å². The van der Waals surface area contributed by atoms with E-state index in [0.717, 1.165) is 24.1 Å². The molecule has 1 saturated heterocycles. The third-order valence-corrected chi connectivity index (χ3v) is 3.02. The van der Waals surface area contributed by atoms with Crippen molar-refractivity contribution in [1.82, 2.24) is 0 Å². The molecule has 0 bridgehead atoms. The van der Waals surface area contributed by atoms with E-state index in [9.17, 15) is 5.26 Å². The molecule has 0 radical (unpaired) electrons. The maximum Gasteiger partial charge on any atom is 0.0866 e. The predicted octanol–water partition coefficient (Wildman–Crippen LogP) is 1.84. The number of rotatable bonds is 1. The lowest BCUT2D eigenvalue weighted by Crippen LogP contribution is -2.32. The molecule has 0 atom stereocenters. The van der Waals surface area contributed by atoms with E-state index in [1.54, 1.807) is 0 Å². The van der Waals surface area contributed by atoms with Gasteiger partial charge in [-0.05, 0) is 30.5 Å². The summed E-state index contributed by atoms with van der Waals surface area (Å²) in [6.45, 7) is 1.33. The van der Waals surface area contributed by atoms with E-state index in [-0.39, 0.29) is 5.41 Å². The number of benzene rings is 1. The van der Waals surface area contributed by atoms with Crippen molar-refractivity contribution in [2.24, 2.45) is 0 Å². The van der Waals surface area contributed by atoms with Crippen molar-refractivity contribution in [2.45, 2.75) is 18.3 Å². The third kappa shape index (κ3) is 1.81. The Hall–Kier alpha value is -1.53. The van der Waals surface area contributed by atoms with Gasteiger partial charge in [0.25, 0.3) is 0 Å². The molecule has 78 valence electrons. The first-order valence-corrected chi connectivity index (χ1v) is 5.12. The van der Waals surface area contributed by atoms with Crippen molar-refractivity contribution in [3.63, 3.8) is 0 Å². The van der Waals surface area contributed by atoms with Crippen LogP contribution in [0.4, 0.5) is 5.69 Å². The van der Waals surface area contributed by atoms with E-state index in [2.05, 4.69) is 6.07 Å². The average Bonchev–Trinajstić information content (AvgIpc) is 2.31.